The molecule has 0 spiro atoms. The number of nitrogens with one attached hydrogen (secondary N) is 1. The van der Waals surface area contributed by atoms with Gasteiger partial charge in [-0.15, -0.1) is 0 Å². The van der Waals surface area contributed by atoms with Gasteiger partial charge in [-0.25, -0.2) is 0 Å². The molecule has 0 aromatic rings. The summed E-state index contributed by atoms with van der Waals surface area (Å²) >= 11 is 0. The van der Waals surface area contributed by atoms with E-state index >= 15 is 0 Å². The van der Waals surface area contributed by atoms with Gasteiger partial charge in [-0.3, -0.25) is 4.79 Å². The van der Waals surface area contributed by atoms with E-state index in [0.717, 1.165) is 12.8 Å². The lowest BCUT2D eigenvalue weighted by Gasteiger charge is -2.31. The van der Waals surface area contributed by atoms with E-state index in [2.05, 4.69) is 19.2 Å². The molecule has 1 N–H and O–H groups in total. The first-order chi connectivity index (χ1) is 6.13. The Labute approximate surface area is 79.8 Å². The van der Waals surface area contributed by atoms with Crippen molar-refractivity contribution in [2.75, 3.05) is 6.61 Å². The number of ether oxygens (including phenoxy) is 1. The number of carbonyl (C=O) groups is 1. The molecule has 3 nitrogen and oxygen atoms in total. The largest absolute Gasteiger partial charge is 0.466 e. The van der Waals surface area contributed by atoms with Crippen LogP contribution in [0.25, 0.3) is 0 Å². The first-order valence-corrected chi connectivity index (χ1v) is 5.06. The Bertz CT molecular complexity index is 172. The summed E-state index contributed by atoms with van der Waals surface area (Å²) in [6.45, 7) is 6.57. The topological polar surface area (TPSA) is 38.3 Å². The lowest BCUT2D eigenvalue weighted by molar-refractivity contribution is -0.149. The second kappa shape index (κ2) is 4.61. The molecule has 0 aliphatic carbocycles. The third-order valence-corrected chi connectivity index (χ3v) is 2.47. The molecule has 1 saturated heterocycles. The highest BCUT2D eigenvalue weighted by Crippen LogP contribution is 2.21. The molecule has 76 valence electrons. The average molecular weight is 185 g/mol. The van der Waals surface area contributed by atoms with Gasteiger partial charge in [0.1, 0.15) is 0 Å². The van der Waals surface area contributed by atoms with E-state index in [1.807, 2.05) is 6.92 Å². The van der Waals surface area contributed by atoms with Crippen LogP contribution in [0, 0.1) is 5.92 Å². The molecule has 1 rings (SSSR count). The summed E-state index contributed by atoms with van der Waals surface area (Å²) in [5.74, 6) is 0.0777. The van der Waals surface area contributed by atoms with Crippen LogP contribution >= 0.6 is 0 Å². The molecular formula is C10H19NO2. The molecule has 1 aliphatic rings. The summed E-state index contributed by atoms with van der Waals surface area (Å²) < 4.78 is 5.01. The highest BCUT2D eigenvalue weighted by molar-refractivity contribution is 5.72. The Kier molecular flexibility index (Phi) is 3.72. The zero-order valence-corrected chi connectivity index (χ0v) is 8.67. The first kappa shape index (κ1) is 10.5. The van der Waals surface area contributed by atoms with Crippen LogP contribution in [0.2, 0.25) is 0 Å². The van der Waals surface area contributed by atoms with Crippen molar-refractivity contribution in [1.29, 1.82) is 0 Å². The molecule has 1 heterocycles. The second-order valence-corrected chi connectivity index (χ2v) is 3.89. The molecule has 3 heteroatoms. The molecule has 0 aromatic heterocycles. The highest BCUT2D eigenvalue weighted by atomic mass is 16.5. The third-order valence-electron chi connectivity index (χ3n) is 2.47. The molecule has 2 unspecified atom stereocenters. The average Bonchev–Trinajstić information content (AvgIpc) is 2.03. The summed E-state index contributed by atoms with van der Waals surface area (Å²) in [5.41, 5.74) is 0. The monoisotopic (exact) mass is 185 g/mol. The number of carbonyl (C=O) groups excluding carboxylic acids is 1. The van der Waals surface area contributed by atoms with Gasteiger partial charge in [-0.2, -0.15) is 0 Å². The van der Waals surface area contributed by atoms with Crippen LogP contribution in [0.3, 0.4) is 0 Å². The normalized spacial score (nSPS) is 34.2. The van der Waals surface area contributed by atoms with Crippen molar-refractivity contribution >= 4 is 5.97 Å². The van der Waals surface area contributed by atoms with Crippen LogP contribution in [0.5, 0.6) is 0 Å². The van der Waals surface area contributed by atoms with Gasteiger partial charge >= 0.3 is 5.97 Å². The van der Waals surface area contributed by atoms with E-state index in [0.29, 0.717) is 18.7 Å². The van der Waals surface area contributed by atoms with Crippen LogP contribution in [-0.4, -0.2) is 24.7 Å². The van der Waals surface area contributed by atoms with Gasteiger partial charge in [0.2, 0.25) is 0 Å². The standard InChI is InChI=1S/C10H19NO2/c1-4-13-10(12)9-5-7(2)11-8(3)6-9/h7-9,11H,4-6H2,1-3H3. The van der Waals surface area contributed by atoms with Crippen molar-refractivity contribution in [3.05, 3.63) is 0 Å². The van der Waals surface area contributed by atoms with E-state index in [1.54, 1.807) is 0 Å². The van der Waals surface area contributed by atoms with Gasteiger partial charge in [-0.05, 0) is 33.6 Å². The lowest BCUT2D eigenvalue weighted by atomic mass is 9.89. The number of rotatable bonds is 2. The second-order valence-electron chi connectivity index (χ2n) is 3.89. The van der Waals surface area contributed by atoms with Crippen LogP contribution in [0.15, 0.2) is 0 Å². The maximum absolute atomic E-state index is 11.4. The van der Waals surface area contributed by atoms with Crippen LogP contribution in [0.1, 0.15) is 33.6 Å². The Morgan fingerprint density at radius 3 is 2.38 bits per heavy atom. The SMILES string of the molecule is CCOC(=O)C1CC(C)NC(C)C1. The summed E-state index contributed by atoms with van der Waals surface area (Å²) in [4.78, 5) is 11.4. The zero-order chi connectivity index (χ0) is 9.84. The van der Waals surface area contributed by atoms with Gasteiger partial charge in [0.15, 0.2) is 0 Å². The quantitative estimate of drug-likeness (QED) is 0.659. The van der Waals surface area contributed by atoms with E-state index in [1.165, 1.54) is 0 Å². The van der Waals surface area contributed by atoms with Gasteiger partial charge in [0, 0.05) is 12.1 Å². The van der Waals surface area contributed by atoms with E-state index < -0.39 is 0 Å². The number of esters is 1. The highest BCUT2D eigenvalue weighted by Gasteiger charge is 2.29. The Morgan fingerprint density at radius 1 is 1.38 bits per heavy atom. The smallest absolute Gasteiger partial charge is 0.309 e. The van der Waals surface area contributed by atoms with E-state index in [4.69, 9.17) is 4.74 Å². The molecule has 0 radical (unpaired) electrons. The summed E-state index contributed by atoms with van der Waals surface area (Å²) in [7, 11) is 0. The van der Waals surface area contributed by atoms with Gasteiger partial charge in [0.05, 0.1) is 12.5 Å². The van der Waals surface area contributed by atoms with Crippen molar-refractivity contribution in [1.82, 2.24) is 5.32 Å². The summed E-state index contributed by atoms with van der Waals surface area (Å²) in [6.07, 6.45) is 1.81. The van der Waals surface area contributed by atoms with Crippen molar-refractivity contribution in [2.45, 2.75) is 45.7 Å². The van der Waals surface area contributed by atoms with Crippen LogP contribution in [0.4, 0.5) is 0 Å². The fourth-order valence-corrected chi connectivity index (χ4v) is 2.02. The molecule has 13 heavy (non-hydrogen) atoms. The minimum atomic E-state index is -0.0253. The molecule has 0 bridgehead atoms. The van der Waals surface area contributed by atoms with Crippen molar-refractivity contribution in [3.8, 4) is 0 Å². The predicted molar refractivity (Wildman–Crippen MR) is 51.4 cm³/mol. The molecule has 1 fully saturated rings. The predicted octanol–water partition coefficient (Wildman–Crippen LogP) is 1.33. The van der Waals surface area contributed by atoms with Crippen LogP contribution in [-0.2, 0) is 9.53 Å². The van der Waals surface area contributed by atoms with Crippen molar-refractivity contribution in [3.63, 3.8) is 0 Å². The number of piperidine rings is 1. The van der Waals surface area contributed by atoms with Gasteiger partial charge in [0.25, 0.3) is 0 Å². The number of hydrogen-bond donors (Lipinski definition) is 1. The van der Waals surface area contributed by atoms with Crippen molar-refractivity contribution in [2.24, 2.45) is 5.92 Å². The third kappa shape index (κ3) is 2.99. The van der Waals surface area contributed by atoms with Crippen LogP contribution < -0.4 is 5.32 Å². The maximum atomic E-state index is 11.4. The molecule has 0 saturated carbocycles. The van der Waals surface area contributed by atoms with Gasteiger partial charge in [-0.1, -0.05) is 0 Å². The van der Waals surface area contributed by atoms with Gasteiger partial charge < -0.3 is 10.1 Å². The minimum absolute atomic E-state index is 0.0253. The Balaban J connectivity index is 2.45. The lowest BCUT2D eigenvalue weighted by Crippen LogP contribution is -2.44. The molecule has 0 amide bonds. The van der Waals surface area contributed by atoms with E-state index in [-0.39, 0.29) is 11.9 Å². The summed E-state index contributed by atoms with van der Waals surface area (Å²) in [5, 5.41) is 3.40. The fourth-order valence-electron chi connectivity index (χ4n) is 2.02. The Hall–Kier alpha value is -0.570. The molecular weight excluding hydrogens is 166 g/mol. The molecule has 1 aliphatic heterocycles. The maximum Gasteiger partial charge on any atom is 0.309 e. The first-order valence-electron chi connectivity index (χ1n) is 5.06. The zero-order valence-electron chi connectivity index (χ0n) is 8.67. The Morgan fingerprint density at radius 2 is 1.92 bits per heavy atom. The van der Waals surface area contributed by atoms with Crippen molar-refractivity contribution < 1.29 is 9.53 Å². The summed E-state index contributed by atoms with van der Waals surface area (Å²) in [6, 6.07) is 0.858. The van der Waals surface area contributed by atoms with E-state index in [9.17, 15) is 4.79 Å². The minimum Gasteiger partial charge on any atom is -0.466 e. The number of hydrogen-bond acceptors (Lipinski definition) is 3. The molecule has 0 aromatic carbocycles. The molecule has 2 atom stereocenters. The fraction of sp³-hybridized carbons (Fsp3) is 0.900.